The molecule has 0 bridgehead atoms. The summed E-state index contributed by atoms with van der Waals surface area (Å²) in [7, 11) is 0. The van der Waals surface area contributed by atoms with Crippen molar-refractivity contribution in [1.82, 2.24) is 0 Å². The van der Waals surface area contributed by atoms with E-state index in [1.807, 2.05) is 6.92 Å². The topological polar surface area (TPSA) is 95.7 Å². The third kappa shape index (κ3) is 2.67. The average Bonchev–Trinajstić information content (AvgIpc) is 3.20. The van der Waals surface area contributed by atoms with Crippen molar-refractivity contribution in [2.45, 2.75) is 32.7 Å². The van der Waals surface area contributed by atoms with Crippen molar-refractivity contribution in [3.8, 4) is 0 Å². The lowest BCUT2D eigenvalue weighted by atomic mass is 9.98. The van der Waals surface area contributed by atoms with Crippen LogP contribution in [0.1, 0.15) is 30.9 Å². The van der Waals surface area contributed by atoms with Crippen LogP contribution in [0.5, 0.6) is 0 Å². The Hall–Kier alpha value is -2.44. The lowest BCUT2D eigenvalue weighted by molar-refractivity contribution is -0.501. The second-order valence-electron chi connectivity index (χ2n) is 5.43. The number of nitrogens with zero attached hydrogens (tertiary/aromatic N) is 1. The van der Waals surface area contributed by atoms with Crippen LogP contribution in [0.3, 0.4) is 0 Å². The van der Waals surface area contributed by atoms with Crippen molar-refractivity contribution in [2.75, 3.05) is 13.2 Å². The molecule has 0 spiro atoms. The largest absolute Gasteiger partial charge is 0.465 e. The number of aryl methyl sites for hydroxylation is 1. The van der Waals surface area contributed by atoms with Crippen LogP contribution in [0.25, 0.3) is 0 Å². The monoisotopic (exact) mass is 321 g/mol. The molecule has 1 aliphatic carbocycles. The predicted molar refractivity (Wildman–Crippen MR) is 80.4 cm³/mol. The van der Waals surface area contributed by atoms with Crippen molar-refractivity contribution >= 4 is 11.9 Å². The van der Waals surface area contributed by atoms with Gasteiger partial charge in [-0.15, -0.1) is 0 Å². The minimum atomic E-state index is -1.90. The van der Waals surface area contributed by atoms with Crippen molar-refractivity contribution < 1.29 is 24.0 Å². The Morgan fingerprint density at radius 2 is 1.61 bits per heavy atom. The first-order chi connectivity index (χ1) is 10.9. The summed E-state index contributed by atoms with van der Waals surface area (Å²) in [6, 6.07) is 5.58. The fraction of sp³-hybridized carbons (Fsp3) is 0.500. The predicted octanol–water partition coefficient (Wildman–Crippen LogP) is 1.85. The first-order valence-corrected chi connectivity index (χ1v) is 7.45. The highest BCUT2D eigenvalue weighted by molar-refractivity contribution is 6.06. The quantitative estimate of drug-likeness (QED) is 0.343. The molecule has 1 fully saturated rings. The summed E-state index contributed by atoms with van der Waals surface area (Å²) in [5.74, 6) is -2.67. The van der Waals surface area contributed by atoms with Gasteiger partial charge in [-0.1, -0.05) is 29.8 Å². The summed E-state index contributed by atoms with van der Waals surface area (Å²) in [6.45, 7) is 5.12. The third-order valence-corrected chi connectivity index (χ3v) is 4.05. The smallest absolute Gasteiger partial charge is 0.331 e. The number of ether oxygens (including phenoxy) is 2. The van der Waals surface area contributed by atoms with E-state index in [2.05, 4.69) is 0 Å². The molecule has 0 unspecified atom stereocenters. The Balaban J connectivity index is 2.49. The van der Waals surface area contributed by atoms with Crippen LogP contribution in [-0.2, 0) is 19.1 Å². The molecule has 1 aromatic rings. The number of esters is 2. The maximum absolute atomic E-state index is 12.4. The Labute approximate surface area is 133 Å². The maximum atomic E-state index is 12.4. The lowest BCUT2D eigenvalue weighted by Crippen LogP contribution is -2.35. The van der Waals surface area contributed by atoms with E-state index in [1.165, 1.54) is 0 Å². The number of carbonyl (C=O) groups excluding carboxylic acids is 2. The number of hydrogen-bond acceptors (Lipinski definition) is 6. The SMILES string of the molecule is CCOC(=O)C1(C(=O)OCC)[C@H](c2ccc(C)cc2)[C@H]1[N+](=O)[O-]. The normalized spacial score (nSPS) is 21.3. The van der Waals surface area contributed by atoms with E-state index in [0.29, 0.717) is 5.56 Å². The van der Waals surface area contributed by atoms with Crippen LogP contribution >= 0.6 is 0 Å². The zero-order chi connectivity index (χ0) is 17.2. The van der Waals surface area contributed by atoms with Crippen molar-refractivity contribution in [2.24, 2.45) is 5.41 Å². The van der Waals surface area contributed by atoms with Gasteiger partial charge in [0.05, 0.1) is 19.1 Å². The van der Waals surface area contributed by atoms with Crippen molar-refractivity contribution in [1.29, 1.82) is 0 Å². The van der Waals surface area contributed by atoms with E-state index < -0.39 is 34.2 Å². The highest BCUT2D eigenvalue weighted by atomic mass is 16.6. The number of carbonyl (C=O) groups is 2. The number of benzene rings is 1. The lowest BCUT2D eigenvalue weighted by Gasteiger charge is -2.13. The zero-order valence-electron chi connectivity index (χ0n) is 13.3. The zero-order valence-corrected chi connectivity index (χ0v) is 13.3. The molecule has 7 heteroatoms. The molecule has 1 aromatic carbocycles. The van der Waals surface area contributed by atoms with Crippen LogP contribution in [-0.4, -0.2) is 36.1 Å². The van der Waals surface area contributed by atoms with Gasteiger partial charge < -0.3 is 9.47 Å². The van der Waals surface area contributed by atoms with Crippen molar-refractivity contribution in [3.05, 3.63) is 45.5 Å². The van der Waals surface area contributed by atoms with Crippen LogP contribution in [0.2, 0.25) is 0 Å². The molecule has 2 rings (SSSR count). The fourth-order valence-electron chi connectivity index (χ4n) is 2.96. The molecular formula is C16H19NO6. The van der Waals surface area contributed by atoms with Gasteiger partial charge in [0.1, 0.15) is 0 Å². The maximum Gasteiger partial charge on any atom is 0.331 e. The van der Waals surface area contributed by atoms with Crippen LogP contribution in [0.4, 0.5) is 0 Å². The summed E-state index contributed by atoms with van der Waals surface area (Å²) >= 11 is 0. The van der Waals surface area contributed by atoms with E-state index in [1.54, 1.807) is 38.1 Å². The molecule has 0 N–H and O–H groups in total. The van der Waals surface area contributed by atoms with Gasteiger partial charge in [-0.3, -0.25) is 19.7 Å². The molecule has 0 amide bonds. The summed E-state index contributed by atoms with van der Waals surface area (Å²) in [4.78, 5) is 35.6. The summed E-state index contributed by atoms with van der Waals surface area (Å²) in [5.41, 5.74) is -0.367. The summed E-state index contributed by atoms with van der Waals surface area (Å²) in [6.07, 6.45) is 0. The standard InChI is InChI=1S/C16H19NO6/c1-4-22-14(18)16(15(19)23-5-2)12(13(16)17(20)21)11-8-6-10(3)7-9-11/h6-9,12-13H,4-5H2,1-3H3/t12-,13-/m1/s1. The van der Waals surface area contributed by atoms with Gasteiger partial charge in [-0.25, -0.2) is 0 Å². The molecule has 0 radical (unpaired) electrons. The van der Waals surface area contributed by atoms with Gasteiger partial charge in [0.25, 0.3) is 0 Å². The van der Waals surface area contributed by atoms with Crippen molar-refractivity contribution in [3.63, 3.8) is 0 Å². The van der Waals surface area contributed by atoms with Crippen LogP contribution < -0.4 is 0 Å². The molecule has 0 heterocycles. The highest BCUT2D eigenvalue weighted by Gasteiger charge is 2.85. The number of nitro groups is 1. The number of rotatable bonds is 6. The molecule has 7 nitrogen and oxygen atoms in total. The summed E-state index contributed by atoms with van der Waals surface area (Å²) in [5, 5.41) is 11.4. The molecule has 1 aliphatic rings. The number of hydrogen-bond donors (Lipinski definition) is 0. The Morgan fingerprint density at radius 1 is 1.13 bits per heavy atom. The van der Waals surface area contributed by atoms with Gasteiger partial charge in [-0.05, 0) is 26.3 Å². The minimum Gasteiger partial charge on any atom is -0.465 e. The molecule has 0 aliphatic heterocycles. The van der Waals surface area contributed by atoms with E-state index in [0.717, 1.165) is 5.56 Å². The molecule has 23 heavy (non-hydrogen) atoms. The third-order valence-electron chi connectivity index (χ3n) is 4.05. The van der Waals surface area contributed by atoms with Gasteiger partial charge >= 0.3 is 11.9 Å². The van der Waals surface area contributed by atoms with E-state index in [4.69, 9.17) is 9.47 Å². The molecular weight excluding hydrogens is 302 g/mol. The van der Waals surface area contributed by atoms with Gasteiger partial charge in [-0.2, -0.15) is 0 Å². The Bertz CT molecular complexity index is 606. The highest BCUT2D eigenvalue weighted by Crippen LogP contribution is 2.62. The minimum absolute atomic E-state index is 0.0328. The summed E-state index contributed by atoms with van der Waals surface area (Å²) < 4.78 is 9.90. The molecule has 2 atom stereocenters. The van der Waals surface area contributed by atoms with E-state index in [9.17, 15) is 19.7 Å². The first-order valence-electron chi connectivity index (χ1n) is 7.45. The second kappa shape index (κ2) is 6.36. The second-order valence-corrected chi connectivity index (χ2v) is 5.43. The van der Waals surface area contributed by atoms with Gasteiger partial charge in [0, 0.05) is 4.92 Å². The van der Waals surface area contributed by atoms with E-state index >= 15 is 0 Å². The van der Waals surface area contributed by atoms with Crippen LogP contribution in [0, 0.1) is 22.5 Å². The average molecular weight is 321 g/mol. The van der Waals surface area contributed by atoms with E-state index in [-0.39, 0.29) is 13.2 Å². The Morgan fingerprint density at radius 3 is 2.00 bits per heavy atom. The van der Waals surface area contributed by atoms with Gasteiger partial charge in [0.2, 0.25) is 11.5 Å². The fourth-order valence-corrected chi connectivity index (χ4v) is 2.96. The van der Waals surface area contributed by atoms with Crippen LogP contribution in [0.15, 0.2) is 24.3 Å². The molecule has 124 valence electrons. The molecule has 0 aromatic heterocycles. The molecule has 0 saturated heterocycles. The molecule has 1 saturated carbocycles. The van der Waals surface area contributed by atoms with Gasteiger partial charge in [0.15, 0.2) is 0 Å². The Kier molecular flexibility index (Phi) is 4.68. The first kappa shape index (κ1) is 16.9.